The summed E-state index contributed by atoms with van der Waals surface area (Å²) < 4.78 is 1.99. The van der Waals surface area contributed by atoms with Gasteiger partial charge < -0.3 is 10.4 Å². The highest BCUT2D eigenvalue weighted by atomic mass is 32.1. The Bertz CT molecular complexity index is 1470. The lowest BCUT2D eigenvalue weighted by molar-refractivity contribution is -0.141. The van der Waals surface area contributed by atoms with Crippen molar-refractivity contribution in [2.24, 2.45) is 10.9 Å². The molecule has 8 heteroatoms. The van der Waals surface area contributed by atoms with Gasteiger partial charge in [-0.2, -0.15) is 0 Å². The number of carboxylic acid groups (broad SMARTS) is 1. The minimum absolute atomic E-state index is 0.573. The number of aliphatic imine (C=N–C) groups is 1. The number of nitrogens with zero attached hydrogens (tertiary/aromatic N) is 4. The lowest BCUT2D eigenvalue weighted by Gasteiger charge is -2.16. The maximum Gasteiger partial charge on any atom is 0.308 e. The van der Waals surface area contributed by atoms with Crippen LogP contribution in [0.5, 0.6) is 0 Å². The van der Waals surface area contributed by atoms with E-state index >= 15 is 0 Å². The topological polar surface area (TPSA) is 92.4 Å². The number of benzene rings is 2. The van der Waals surface area contributed by atoms with Gasteiger partial charge in [-0.3, -0.25) is 14.4 Å². The second-order valence-corrected chi connectivity index (χ2v) is 11.1. The second-order valence-electron chi connectivity index (χ2n) is 9.90. The molecule has 1 unspecified atom stereocenters. The van der Waals surface area contributed by atoms with Gasteiger partial charge in [0.1, 0.15) is 16.9 Å². The third-order valence-corrected chi connectivity index (χ3v) is 8.47. The molecule has 2 aromatic carbocycles. The average molecular weight is 528 g/mol. The van der Waals surface area contributed by atoms with Crippen molar-refractivity contribution in [3.05, 3.63) is 93.4 Å². The lowest BCUT2D eigenvalue weighted by atomic mass is 9.98. The van der Waals surface area contributed by atoms with Crippen molar-refractivity contribution in [2.75, 3.05) is 11.9 Å². The van der Waals surface area contributed by atoms with Crippen LogP contribution in [0.3, 0.4) is 0 Å². The van der Waals surface area contributed by atoms with Crippen molar-refractivity contribution in [3.63, 3.8) is 0 Å². The van der Waals surface area contributed by atoms with Crippen LogP contribution >= 0.6 is 11.3 Å². The van der Waals surface area contributed by atoms with Crippen molar-refractivity contribution in [2.45, 2.75) is 53.0 Å². The summed E-state index contributed by atoms with van der Waals surface area (Å²) in [7, 11) is 0. The molecule has 7 nitrogen and oxygen atoms in total. The van der Waals surface area contributed by atoms with E-state index in [0.717, 1.165) is 64.7 Å². The molecule has 0 fully saturated rings. The van der Waals surface area contributed by atoms with Crippen molar-refractivity contribution >= 4 is 28.7 Å². The van der Waals surface area contributed by atoms with E-state index in [1.807, 2.05) is 11.5 Å². The number of nitrogens with one attached hydrogen (secondary N) is 1. The van der Waals surface area contributed by atoms with Crippen molar-refractivity contribution in [1.29, 1.82) is 0 Å². The Morgan fingerprint density at radius 1 is 1.05 bits per heavy atom. The standard InChI is InChI=1S/C30H33N5O2S/c1-18-20(3)38-29-25(18)27(32-26(19(2)30(36)37)28-34-33-21(4)35(28)29)23-13-15-24(16-14-23)31-17-9-8-12-22-10-6-5-7-11-22/h5-7,10-11,13-16,19,26,31H,8-9,12,17H2,1-4H3,(H,36,37)/t19?,26-/m0/s1. The van der Waals surface area contributed by atoms with Gasteiger partial charge in [0.05, 0.1) is 11.6 Å². The van der Waals surface area contributed by atoms with Crippen LogP contribution in [0.15, 0.2) is 59.6 Å². The van der Waals surface area contributed by atoms with E-state index in [1.54, 1.807) is 18.3 Å². The van der Waals surface area contributed by atoms with Gasteiger partial charge >= 0.3 is 5.97 Å². The molecular weight excluding hydrogens is 494 g/mol. The maximum atomic E-state index is 12.0. The number of aryl methyl sites for hydroxylation is 3. The Morgan fingerprint density at radius 3 is 2.50 bits per heavy atom. The number of thiophene rings is 1. The van der Waals surface area contributed by atoms with Gasteiger partial charge in [0.15, 0.2) is 5.82 Å². The molecule has 0 radical (unpaired) electrons. The Hall–Kier alpha value is -3.78. The van der Waals surface area contributed by atoms with E-state index in [-0.39, 0.29) is 0 Å². The number of carboxylic acids is 1. The predicted octanol–water partition coefficient (Wildman–Crippen LogP) is 6.30. The molecule has 3 heterocycles. The SMILES string of the molecule is Cc1sc2c(c1C)C(c1ccc(NCCCCc3ccccc3)cc1)=N[C@@H](C(C)C(=O)O)c1nnc(C)n1-2. The summed E-state index contributed by atoms with van der Waals surface area (Å²) in [5.74, 6) is -0.355. The van der Waals surface area contributed by atoms with Crippen LogP contribution in [0, 0.1) is 26.7 Å². The minimum Gasteiger partial charge on any atom is -0.481 e. The zero-order valence-electron chi connectivity index (χ0n) is 22.2. The number of fused-ring (bicyclic) bond motifs is 3. The van der Waals surface area contributed by atoms with Gasteiger partial charge in [0.2, 0.25) is 0 Å². The summed E-state index contributed by atoms with van der Waals surface area (Å²) in [6, 6.07) is 18.2. The zero-order chi connectivity index (χ0) is 26.8. The first-order valence-electron chi connectivity index (χ1n) is 13.1. The van der Waals surface area contributed by atoms with E-state index < -0.39 is 17.9 Å². The molecule has 1 aliphatic rings. The second kappa shape index (κ2) is 10.9. The van der Waals surface area contributed by atoms with Crippen LogP contribution in [-0.4, -0.2) is 38.1 Å². The highest BCUT2D eigenvalue weighted by Gasteiger charge is 2.36. The van der Waals surface area contributed by atoms with Gasteiger partial charge in [0.25, 0.3) is 0 Å². The summed E-state index contributed by atoms with van der Waals surface area (Å²) in [5.41, 5.74) is 6.37. The number of carbonyl (C=O) groups is 1. The molecule has 0 bridgehead atoms. The number of aromatic nitrogens is 3. The van der Waals surface area contributed by atoms with E-state index in [2.05, 4.69) is 84.0 Å². The largest absolute Gasteiger partial charge is 0.481 e. The number of rotatable bonds is 9. The molecule has 2 atom stereocenters. The van der Waals surface area contributed by atoms with Gasteiger partial charge in [-0.05, 0) is 70.2 Å². The molecule has 0 spiro atoms. The molecule has 0 saturated carbocycles. The first-order valence-corrected chi connectivity index (χ1v) is 13.9. The van der Waals surface area contributed by atoms with Crippen LogP contribution in [0.4, 0.5) is 5.69 Å². The Kier molecular flexibility index (Phi) is 7.42. The third-order valence-electron chi connectivity index (χ3n) is 7.27. The van der Waals surface area contributed by atoms with Gasteiger partial charge in [-0.25, -0.2) is 0 Å². The fourth-order valence-corrected chi connectivity index (χ4v) is 6.11. The van der Waals surface area contributed by atoms with Crippen molar-refractivity contribution < 1.29 is 9.90 Å². The summed E-state index contributed by atoms with van der Waals surface area (Å²) in [6.45, 7) is 8.70. The summed E-state index contributed by atoms with van der Waals surface area (Å²) in [4.78, 5) is 18.3. The zero-order valence-corrected chi connectivity index (χ0v) is 23.0. The predicted molar refractivity (Wildman–Crippen MR) is 153 cm³/mol. The molecule has 38 heavy (non-hydrogen) atoms. The molecule has 5 rings (SSSR count). The molecular formula is C30H33N5O2S. The fraction of sp³-hybridized carbons (Fsp3) is 0.333. The summed E-state index contributed by atoms with van der Waals surface area (Å²) in [6.07, 6.45) is 3.32. The highest BCUT2D eigenvalue weighted by molar-refractivity contribution is 7.15. The third kappa shape index (κ3) is 5.00. The first-order chi connectivity index (χ1) is 18.3. The van der Waals surface area contributed by atoms with E-state index in [4.69, 9.17) is 4.99 Å². The van der Waals surface area contributed by atoms with Crippen molar-refractivity contribution in [1.82, 2.24) is 14.8 Å². The maximum absolute atomic E-state index is 12.0. The van der Waals surface area contributed by atoms with Crippen LogP contribution < -0.4 is 5.32 Å². The van der Waals surface area contributed by atoms with Crippen molar-refractivity contribution in [3.8, 4) is 5.00 Å². The molecule has 0 saturated heterocycles. The molecule has 2 aromatic heterocycles. The Balaban J connectivity index is 1.40. The van der Waals surface area contributed by atoms with Gasteiger partial charge in [-0.15, -0.1) is 21.5 Å². The molecule has 0 amide bonds. The molecule has 2 N–H and O–H groups in total. The van der Waals surface area contributed by atoms with E-state index in [9.17, 15) is 9.90 Å². The normalized spacial score (nSPS) is 15.3. The summed E-state index contributed by atoms with van der Waals surface area (Å²) >= 11 is 1.67. The molecule has 4 aromatic rings. The van der Waals surface area contributed by atoms with E-state index in [1.165, 1.54) is 10.4 Å². The fourth-order valence-electron chi connectivity index (χ4n) is 4.89. The highest BCUT2D eigenvalue weighted by Crippen LogP contribution is 2.40. The molecule has 0 aliphatic carbocycles. The minimum atomic E-state index is -0.907. The van der Waals surface area contributed by atoms with E-state index in [0.29, 0.717) is 5.82 Å². The lowest BCUT2D eigenvalue weighted by Crippen LogP contribution is -2.21. The number of hydrogen-bond donors (Lipinski definition) is 2. The van der Waals surface area contributed by atoms with Crippen LogP contribution in [0.25, 0.3) is 5.00 Å². The number of hydrogen-bond acceptors (Lipinski definition) is 6. The summed E-state index contributed by atoms with van der Waals surface area (Å²) in [5, 5.41) is 23.1. The van der Waals surface area contributed by atoms with Crippen LogP contribution in [0.2, 0.25) is 0 Å². The number of aliphatic carboxylic acids is 1. The van der Waals surface area contributed by atoms with Crippen LogP contribution in [0.1, 0.15) is 64.6 Å². The average Bonchev–Trinajstić information content (AvgIpc) is 3.39. The number of anilines is 1. The number of unbranched alkanes of at least 4 members (excludes halogenated alkanes) is 1. The van der Waals surface area contributed by atoms with Gasteiger partial charge in [0, 0.05) is 28.2 Å². The monoisotopic (exact) mass is 527 g/mol. The van der Waals surface area contributed by atoms with Crippen LogP contribution in [-0.2, 0) is 11.2 Å². The quantitative estimate of drug-likeness (QED) is 0.249. The van der Waals surface area contributed by atoms with Gasteiger partial charge in [-0.1, -0.05) is 42.5 Å². The smallest absolute Gasteiger partial charge is 0.308 e. The first kappa shape index (κ1) is 25.9. The Labute approximate surface area is 227 Å². The molecule has 196 valence electrons. The Morgan fingerprint density at radius 2 is 1.79 bits per heavy atom. The molecule has 1 aliphatic heterocycles.